The van der Waals surface area contributed by atoms with E-state index in [1.54, 1.807) is 13.4 Å². The van der Waals surface area contributed by atoms with E-state index in [9.17, 15) is 0 Å². The van der Waals surface area contributed by atoms with Crippen LogP contribution in [0.15, 0.2) is 30.7 Å². The van der Waals surface area contributed by atoms with E-state index < -0.39 is 0 Å². The van der Waals surface area contributed by atoms with Crippen molar-refractivity contribution in [3.63, 3.8) is 0 Å². The van der Waals surface area contributed by atoms with Crippen LogP contribution < -0.4 is 14.8 Å². The van der Waals surface area contributed by atoms with Gasteiger partial charge < -0.3 is 19.8 Å². The van der Waals surface area contributed by atoms with E-state index in [4.69, 9.17) is 9.47 Å². The molecule has 0 atom stereocenters. The average molecular weight is 348 g/mol. The van der Waals surface area contributed by atoms with Gasteiger partial charge in [-0.15, -0.1) is 24.8 Å². The third-order valence-electron chi connectivity index (χ3n) is 2.98. The zero-order valence-electron chi connectivity index (χ0n) is 12.8. The molecule has 1 aromatic carbocycles. The Balaban J connectivity index is 0.00000220. The zero-order chi connectivity index (χ0) is 14.2. The van der Waals surface area contributed by atoms with Gasteiger partial charge in [0.1, 0.15) is 0 Å². The first kappa shape index (κ1) is 20.6. The summed E-state index contributed by atoms with van der Waals surface area (Å²) in [6.45, 7) is 4.30. The van der Waals surface area contributed by atoms with Gasteiger partial charge in [0.25, 0.3) is 0 Å². The molecule has 0 unspecified atom stereocenters. The highest BCUT2D eigenvalue weighted by atomic mass is 35.5. The maximum Gasteiger partial charge on any atom is 0.161 e. The average Bonchev–Trinajstić information content (AvgIpc) is 2.97. The van der Waals surface area contributed by atoms with Crippen molar-refractivity contribution >= 4 is 24.8 Å². The standard InChI is InChI=1S/C15H21N3O2.2ClH/c1-3-20-15-8-12(4-5-14(15)19-2)9-16-7-6-13-10-17-11-18-13;;/h4-5,8,10-11,16H,3,6-7,9H2,1-2H3,(H,17,18);2*1H. The fourth-order valence-corrected chi connectivity index (χ4v) is 1.98. The van der Waals surface area contributed by atoms with E-state index in [1.165, 1.54) is 5.56 Å². The fraction of sp³-hybridized carbons (Fsp3) is 0.400. The van der Waals surface area contributed by atoms with E-state index in [1.807, 2.05) is 31.3 Å². The van der Waals surface area contributed by atoms with Gasteiger partial charge in [-0.1, -0.05) is 6.07 Å². The summed E-state index contributed by atoms with van der Waals surface area (Å²) in [6.07, 6.45) is 4.49. The zero-order valence-corrected chi connectivity index (χ0v) is 14.4. The van der Waals surface area contributed by atoms with Crippen LogP contribution in [-0.2, 0) is 13.0 Å². The van der Waals surface area contributed by atoms with Crippen LogP contribution in [0.4, 0.5) is 0 Å². The second-order valence-corrected chi connectivity index (χ2v) is 4.42. The fourth-order valence-electron chi connectivity index (χ4n) is 1.98. The second-order valence-electron chi connectivity index (χ2n) is 4.42. The SMILES string of the molecule is CCOc1cc(CNCCc2cnc[nH]2)ccc1OC.Cl.Cl. The number of benzene rings is 1. The Labute approximate surface area is 143 Å². The molecule has 1 heterocycles. The van der Waals surface area contributed by atoms with Crippen molar-refractivity contribution in [3.05, 3.63) is 42.0 Å². The molecule has 0 bridgehead atoms. The maximum absolute atomic E-state index is 5.57. The number of rotatable bonds is 8. The first-order valence-electron chi connectivity index (χ1n) is 6.81. The molecule has 0 amide bonds. The van der Waals surface area contributed by atoms with Gasteiger partial charge in [-0.05, 0) is 24.6 Å². The van der Waals surface area contributed by atoms with E-state index in [-0.39, 0.29) is 24.8 Å². The van der Waals surface area contributed by atoms with Crippen LogP contribution in [0.2, 0.25) is 0 Å². The molecule has 0 saturated heterocycles. The topological polar surface area (TPSA) is 59.2 Å². The van der Waals surface area contributed by atoms with Gasteiger partial charge in [0, 0.05) is 31.4 Å². The summed E-state index contributed by atoms with van der Waals surface area (Å²) in [7, 11) is 1.65. The number of H-pyrrole nitrogens is 1. The highest BCUT2D eigenvalue weighted by Gasteiger charge is 2.05. The number of nitrogens with zero attached hydrogens (tertiary/aromatic N) is 1. The van der Waals surface area contributed by atoms with Crippen LogP contribution in [0.25, 0.3) is 0 Å². The van der Waals surface area contributed by atoms with Gasteiger partial charge in [-0.3, -0.25) is 0 Å². The van der Waals surface area contributed by atoms with Crippen molar-refractivity contribution in [1.82, 2.24) is 15.3 Å². The Bertz CT molecular complexity index is 522. The minimum atomic E-state index is 0. The third kappa shape index (κ3) is 6.13. The quantitative estimate of drug-likeness (QED) is 0.720. The summed E-state index contributed by atoms with van der Waals surface area (Å²) in [4.78, 5) is 7.09. The molecule has 2 aromatic rings. The summed E-state index contributed by atoms with van der Waals surface area (Å²) in [5, 5.41) is 3.40. The van der Waals surface area contributed by atoms with Crippen molar-refractivity contribution in [2.75, 3.05) is 20.3 Å². The minimum absolute atomic E-state index is 0. The van der Waals surface area contributed by atoms with Gasteiger partial charge in [0.15, 0.2) is 11.5 Å². The van der Waals surface area contributed by atoms with Crippen molar-refractivity contribution in [3.8, 4) is 11.5 Å². The number of ether oxygens (including phenoxy) is 2. The number of hydrogen-bond donors (Lipinski definition) is 2. The second kappa shape index (κ2) is 11.2. The molecule has 5 nitrogen and oxygen atoms in total. The van der Waals surface area contributed by atoms with E-state index >= 15 is 0 Å². The highest BCUT2D eigenvalue weighted by Crippen LogP contribution is 2.27. The van der Waals surface area contributed by atoms with Gasteiger partial charge >= 0.3 is 0 Å². The number of imidazole rings is 1. The Morgan fingerprint density at radius 1 is 1.23 bits per heavy atom. The number of hydrogen-bond acceptors (Lipinski definition) is 4. The Morgan fingerprint density at radius 3 is 2.68 bits per heavy atom. The van der Waals surface area contributed by atoms with E-state index in [0.29, 0.717) is 6.61 Å². The predicted molar refractivity (Wildman–Crippen MR) is 92.7 cm³/mol. The van der Waals surface area contributed by atoms with Crippen LogP contribution in [0.1, 0.15) is 18.2 Å². The third-order valence-corrected chi connectivity index (χ3v) is 2.98. The molecule has 0 aliphatic rings. The molecule has 2 N–H and O–H groups in total. The minimum Gasteiger partial charge on any atom is -0.493 e. The molecular formula is C15H23Cl2N3O2. The maximum atomic E-state index is 5.57. The lowest BCUT2D eigenvalue weighted by molar-refractivity contribution is 0.310. The van der Waals surface area contributed by atoms with Crippen molar-refractivity contribution < 1.29 is 9.47 Å². The van der Waals surface area contributed by atoms with Gasteiger partial charge in [-0.2, -0.15) is 0 Å². The lowest BCUT2D eigenvalue weighted by atomic mass is 10.2. The van der Waals surface area contributed by atoms with Gasteiger partial charge in [0.05, 0.1) is 20.0 Å². The molecule has 1 aromatic heterocycles. The van der Waals surface area contributed by atoms with Crippen LogP contribution in [0.5, 0.6) is 11.5 Å². The highest BCUT2D eigenvalue weighted by molar-refractivity contribution is 5.85. The molecule has 0 spiro atoms. The molecule has 0 aliphatic heterocycles. The molecule has 0 aliphatic carbocycles. The molecule has 2 rings (SSSR count). The van der Waals surface area contributed by atoms with Crippen molar-refractivity contribution in [1.29, 1.82) is 0 Å². The molecule has 22 heavy (non-hydrogen) atoms. The first-order valence-corrected chi connectivity index (χ1v) is 6.81. The van der Waals surface area contributed by atoms with Crippen LogP contribution in [-0.4, -0.2) is 30.2 Å². The molecule has 0 fully saturated rings. The summed E-state index contributed by atoms with van der Waals surface area (Å²) in [5.74, 6) is 1.57. The molecule has 0 saturated carbocycles. The normalized spacial score (nSPS) is 9.55. The van der Waals surface area contributed by atoms with E-state index in [2.05, 4.69) is 15.3 Å². The van der Waals surface area contributed by atoms with Crippen molar-refractivity contribution in [2.24, 2.45) is 0 Å². The van der Waals surface area contributed by atoms with Crippen LogP contribution in [0.3, 0.4) is 0 Å². The number of nitrogens with one attached hydrogen (secondary N) is 2. The summed E-state index contributed by atoms with van der Waals surface area (Å²) in [6, 6.07) is 6.01. The monoisotopic (exact) mass is 347 g/mol. The predicted octanol–water partition coefficient (Wildman–Crippen LogP) is 2.99. The lowest BCUT2D eigenvalue weighted by Crippen LogP contribution is -2.16. The lowest BCUT2D eigenvalue weighted by Gasteiger charge is -2.11. The van der Waals surface area contributed by atoms with Gasteiger partial charge in [0.2, 0.25) is 0 Å². The summed E-state index contributed by atoms with van der Waals surface area (Å²) >= 11 is 0. The van der Waals surface area contributed by atoms with Crippen LogP contribution >= 0.6 is 24.8 Å². The van der Waals surface area contributed by atoms with E-state index in [0.717, 1.165) is 36.7 Å². The summed E-state index contributed by atoms with van der Waals surface area (Å²) in [5.41, 5.74) is 2.32. The molecular weight excluding hydrogens is 325 g/mol. The van der Waals surface area contributed by atoms with Crippen LogP contribution in [0, 0.1) is 0 Å². The van der Waals surface area contributed by atoms with Crippen molar-refractivity contribution in [2.45, 2.75) is 19.9 Å². The molecule has 0 radical (unpaired) electrons. The number of aromatic amines is 1. The Hall–Kier alpha value is -1.43. The molecule has 124 valence electrons. The first-order chi connectivity index (χ1) is 9.83. The smallest absolute Gasteiger partial charge is 0.161 e. The van der Waals surface area contributed by atoms with Gasteiger partial charge in [-0.25, -0.2) is 4.98 Å². The molecule has 7 heteroatoms. The number of methoxy groups -OCH3 is 1. The number of aromatic nitrogens is 2. The largest absolute Gasteiger partial charge is 0.493 e. The Morgan fingerprint density at radius 2 is 2.05 bits per heavy atom. The Kier molecular flexibility index (Phi) is 10.5. The number of halogens is 2. The summed E-state index contributed by atoms with van der Waals surface area (Å²) < 4.78 is 10.8.